The second-order valence-electron chi connectivity index (χ2n) is 6.27. The molecule has 0 bridgehead atoms. The first-order chi connectivity index (χ1) is 10.9. The van der Waals surface area contributed by atoms with Gasteiger partial charge in [-0.1, -0.05) is 64.7 Å². The summed E-state index contributed by atoms with van der Waals surface area (Å²) in [6, 6.07) is 11.1. The third-order valence-corrected chi connectivity index (χ3v) is 6.51. The van der Waals surface area contributed by atoms with Gasteiger partial charge >= 0.3 is 0 Å². The molecule has 1 N–H and O–H groups in total. The molecule has 2 aromatic carbocycles. The van der Waals surface area contributed by atoms with Crippen LogP contribution >= 0.6 is 8.58 Å². The Morgan fingerprint density at radius 3 is 2.43 bits per heavy atom. The fourth-order valence-corrected chi connectivity index (χ4v) is 5.07. The zero-order valence-corrected chi connectivity index (χ0v) is 15.4. The van der Waals surface area contributed by atoms with Gasteiger partial charge in [-0.05, 0) is 38.3 Å². The maximum atomic E-state index is 14.2. The lowest BCUT2D eigenvalue weighted by molar-refractivity contribution is 0.438. The van der Waals surface area contributed by atoms with Gasteiger partial charge in [0.25, 0.3) is 0 Å². The number of aryl methyl sites for hydroxylation is 2. The van der Waals surface area contributed by atoms with Crippen LogP contribution in [0.4, 0.5) is 4.39 Å². The van der Waals surface area contributed by atoms with E-state index in [0.717, 1.165) is 41.3 Å². The molecule has 0 saturated carbocycles. The Hall–Kier alpha value is -1.40. The zero-order valence-electron chi connectivity index (χ0n) is 14.4. The number of hydrogen-bond acceptors (Lipinski definition) is 1. The highest BCUT2D eigenvalue weighted by Gasteiger charge is 2.33. The molecule has 0 fully saturated rings. The molecule has 0 aliphatic carbocycles. The highest BCUT2D eigenvalue weighted by molar-refractivity contribution is 7.48. The van der Waals surface area contributed by atoms with Crippen LogP contribution in [0.25, 0.3) is 0 Å². The van der Waals surface area contributed by atoms with Crippen molar-refractivity contribution in [2.24, 2.45) is 0 Å². The Labute approximate surface area is 140 Å². The summed E-state index contributed by atoms with van der Waals surface area (Å²) >= 11 is 0. The number of phenols is 1. The van der Waals surface area contributed by atoms with E-state index in [2.05, 4.69) is 26.8 Å². The normalized spacial score (nSPS) is 14.3. The molecular weight excluding hydrogens is 306 g/mol. The van der Waals surface area contributed by atoms with Gasteiger partial charge in [0, 0.05) is 16.0 Å². The number of hydrogen-bond donors (Lipinski definition) is 1. The lowest BCUT2D eigenvalue weighted by atomic mass is 9.88. The minimum absolute atomic E-state index is 0.149. The molecule has 0 spiro atoms. The number of phenolic OH excluding ortho intramolecular Hbond substituents is 1. The molecular formula is C20H26FOP. The Bertz CT molecular complexity index is 683. The van der Waals surface area contributed by atoms with Gasteiger partial charge in [-0.2, -0.15) is 0 Å². The van der Waals surface area contributed by atoms with Crippen molar-refractivity contribution in [3.63, 3.8) is 0 Å². The van der Waals surface area contributed by atoms with Crippen LogP contribution in [-0.4, -0.2) is 5.11 Å². The van der Waals surface area contributed by atoms with Crippen LogP contribution in [0.5, 0.6) is 5.75 Å². The maximum Gasteiger partial charge on any atom is 0.130 e. The highest BCUT2D eigenvalue weighted by atomic mass is 31.1. The summed E-state index contributed by atoms with van der Waals surface area (Å²) < 4.78 is 14.2. The molecule has 0 saturated heterocycles. The van der Waals surface area contributed by atoms with Crippen LogP contribution < -0.4 is 5.30 Å². The second kappa shape index (κ2) is 7.45. The first kappa shape index (κ1) is 17.9. The molecule has 0 aliphatic rings. The van der Waals surface area contributed by atoms with Crippen molar-refractivity contribution in [2.75, 3.05) is 0 Å². The summed E-state index contributed by atoms with van der Waals surface area (Å²) in [6.07, 6.45) is 2.82. The van der Waals surface area contributed by atoms with E-state index in [4.69, 9.17) is 0 Å². The summed E-state index contributed by atoms with van der Waals surface area (Å²) in [6.45, 7) is 8.27. The summed E-state index contributed by atoms with van der Waals surface area (Å²) in [5, 5.41) is 11.2. The molecule has 3 heteroatoms. The van der Waals surface area contributed by atoms with E-state index in [1.807, 2.05) is 25.1 Å². The molecule has 2 rings (SSSR count). The molecule has 2 unspecified atom stereocenters. The monoisotopic (exact) mass is 332 g/mol. The van der Waals surface area contributed by atoms with Crippen molar-refractivity contribution in [3.8, 4) is 5.75 Å². The minimum Gasteiger partial charge on any atom is -0.507 e. The van der Waals surface area contributed by atoms with Gasteiger partial charge in [0.1, 0.15) is 11.6 Å². The standard InChI is InChI=1S/C20H26FOP/c1-5-11-20(6-2,23-18-10-8-7-9-17(18)21)16-13-14(3)12-15(4)19(16)22/h7-10,12-13,22-23H,5-6,11H2,1-4H3. The van der Waals surface area contributed by atoms with Crippen LogP contribution in [0.1, 0.15) is 49.8 Å². The lowest BCUT2D eigenvalue weighted by Crippen LogP contribution is -2.24. The summed E-state index contributed by atoms with van der Waals surface area (Å²) in [5.41, 5.74) is 3.01. The highest BCUT2D eigenvalue weighted by Crippen LogP contribution is 2.51. The van der Waals surface area contributed by atoms with Crippen LogP contribution in [-0.2, 0) is 5.16 Å². The van der Waals surface area contributed by atoms with Crippen molar-refractivity contribution < 1.29 is 9.50 Å². The van der Waals surface area contributed by atoms with Gasteiger partial charge in [0.2, 0.25) is 0 Å². The number of benzene rings is 2. The van der Waals surface area contributed by atoms with E-state index in [1.165, 1.54) is 6.07 Å². The molecule has 0 amide bonds. The first-order valence-corrected chi connectivity index (χ1v) is 9.27. The van der Waals surface area contributed by atoms with Crippen LogP contribution in [0.3, 0.4) is 0 Å². The van der Waals surface area contributed by atoms with E-state index >= 15 is 0 Å². The predicted octanol–water partition coefficient (Wildman–Crippen LogP) is 5.56. The van der Waals surface area contributed by atoms with Crippen LogP contribution in [0, 0.1) is 19.7 Å². The molecule has 2 aromatic rings. The van der Waals surface area contributed by atoms with Crippen LogP contribution in [0.15, 0.2) is 36.4 Å². The van der Waals surface area contributed by atoms with E-state index in [0.29, 0.717) is 14.3 Å². The number of halogens is 1. The molecule has 0 aromatic heterocycles. The molecule has 0 heterocycles. The lowest BCUT2D eigenvalue weighted by Gasteiger charge is -2.35. The van der Waals surface area contributed by atoms with Gasteiger partial charge in [-0.3, -0.25) is 0 Å². The van der Waals surface area contributed by atoms with Gasteiger partial charge in [-0.15, -0.1) is 0 Å². The summed E-state index contributed by atoms with van der Waals surface area (Å²) in [5.74, 6) is 0.221. The molecule has 2 atom stereocenters. The molecule has 0 aliphatic heterocycles. The smallest absolute Gasteiger partial charge is 0.130 e. The molecule has 1 nitrogen and oxygen atoms in total. The SMILES string of the molecule is CCCC(CC)(Pc1ccccc1F)c1cc(C)cc(C)c1O. The first-order valence-electron chi connectivity index (χ1n) is 8.27. The number of aromatic hydroxyl groups is 1. The van der Waals surface area contributed by atoms with E-state index < -0.39 is 0 Å². The van der Waals surface area contributed by atoms with Gasteiger partial charge in [-0.25, -0.2) is 4.39 Å². The molecule has 124 valence electrons. The second-order valence-corrected chi connectivity index (χ2v) is 8.01. The van der Waals surface area contributed by atoms with E-state index in [9.17, 15) is 9.50 Å². The summed E-state index contributed by atoms with van der Waals surface area (Å²) in [4.78, 5) is 0. The third kappa shape index (κ3) is 3.75. The average Bonchev–Trinajstić information content (AvgIpc) is 2.52. The molecule has 0 radical (unpaired) electrons. The van der Waals surface area contributed by atoms with Crippen LogP contribution in [0.2, 0.25) is 0 Å². The van der Waals surface area contributed by atoms with Gasteiger partial charge in [0.05, 0.1) is 0 Å². The quantitative estimate of drug-likeness (QED) is 0.687. The Morgan fingerprint density at radius 2 is 1.83 bits per heavy atom. The largest absolute Gasteiger partial charge is 0.507 e. The van der Waals surface area contributed by atoms with Crippen molar-refractivity contribution in [1.82, 2.24) is 0 Å². The van der Waals surface area contributed by atoms with Crippen molar-refractivity contribution in [2.45, 2.75) is 52.1 Å². The minimum atomic E-state index is -0.211. The average molecular weight is 332 g/mol. The Balaban J connectivity index is 2.58. The Morgan fingerprint density at radius 1 is 1.13 bits per heavy atom. The molecule has 23 heavy (non-hydrogen) atoms. The van der Waals surface area contributed by atoms with Crippen molar-refractivity contribution >= 4 is 13.9 Å². The fourth-order valence-electron chi connectivity index (χ4n) is 3.29. The van der Waals surface area contributed by atoms with Gasteiger partial charge < -0.3 is 5.11 Å². The predicted molar refractivity (Wildman–Crippen MR) is 98.8 cm³/mol. The third-order valence-electron chi connectivity index (χ3n) is 4.49. The van der Waals surface area contributed by atoms with E-state index in [-0.39, 0.29) is 11.0 Å². The fraction of sp³-hybridized carbons (Fsp3) is 0.400. The zero-order chi connectivity index (χ0) is 17.0. The van der Waals surface area contributed by atoms with Crippen molar-refractivity contribution in [3.05, 3.63) is 58.9 Å². The maximum absolute atomic E-state index is 14.2. The van der Waals surface area contributed by atoms with Gasteiger partial charge in [0.15, 0.2) is 0 Å². The van der Waals surface area contributed by atoms with Crippen molar-refractivity contribution in [1.29, 1.82) is 0 Å². The summed E-state index contributed by atoms with van der Waals surface area (Å²) in [7, 11) is 0.303. The Kier molecular flexibility index (Phi) is 5.81. The van der Waals surface area contributed by atoms with E-state index in [1.54, 1.807) is 6.07 Å². The number of rotatable bonds is 6. The topological polar surface area (TPSA) is 20.2 Å².